The van der Waals surface area contributed by atoms with Gasteiger partial charge in [-0.1, -0.05) is 0 Å². The number of carbonyl (C=O) groups is 1. The van der Waals surface area contributed by atoms with E-state index in [9.17, 15) is 9.18 Å². The molecule has 0 saturated heterocycles. The van der Waals surface area contributed by atoms with Crippen LogP contribution in [0, 0.1) is 5.82 Å². The number of hydrogen-bond acceptors (Lipinski definition) is 3. The second-order valence-electron chi connectivity index (χ2n) is 6.04. The van der Waals surface area contributed by atoms with Gasteiger partial charge in [-0.05, 0) is 47.2 Å². The molecule has 0 bridgehead atoms. The Morgan fingerprint density at radius 3 is 3.21 bits per heavy atom. The van der Waals surface area contributed by atoms with Gasteiger partial charge in [0.1, 0.15) is 5.82 Å². The van der Waals surface area contributed by atoms with Gasteiger partial charge in [0.15, 0.2) is 0 Å². The van der Waals surface area contributed by atoms with Crippen LogP contribution in [0.4, 0.5) is 4.39 Å². The summed E-state index contributed by atoms with van der Waals surface area (Å²) in [4.78, 5) is 16.8. The third-order valence-electron chi connectivity index (χ3n) is 4.48. The second kappa shape index (κ2) is 6.37. The number of amides is 1. The first-order valence-corrected chi connectivity index (χ1v) is 8.90. The second-order valence-corrected chi connectivity index (χ2v) is 7.04. The molecule has 4 rings (SSSR count). The molecular weight excluding hydrogens is 325 g/mol. The minimum absolute atomic E-state index is 0.0516. The molecular formula is C18H18FN3OS. The van der Waals surface area contributed by atoms with Crippen LogP contribution in [-0.4, -0.2) is 24.0 Å². The molecule has 24 heavy (non-hydrogen) atoms. The zero-order valence-electron chi connectivity index (χ0n) is 13.1. The smallest absolute Gasteiger partial charge is 0.224 e. The van der Waals surface area contributed by atoms with Gasteiger partial charge < -0.3 is 15.6 Å². The quantitative estimate of drug-likeness (QED) is 0.682. The van der Waals surface area contributed by atoms with E-state index in [4.69, 9.17) is 0 Å². The fourth-order valence-corrected chi connectivity index (χ4v) is 4.21. The SMILES string of the molecule is O=C(Cc1c[nH]c2ccc(F)cc12)NCC1NCCc2sccc21. The molecule has 1 atom stereocenters. The molecule has 3 aromatic rings. The number of fused-ring (bicyclic) bond motifs is 2. The van der Waals surface area contributed by atoms with E-state index in [1.165, 1.54) is 22.6 Å². The Labute approximate surface area is 143 Å². The number of aromatic nitrogens is 1. The first-order valence-electron chi connectivity index (χ1n) is 8.02. The van der Waals surface area contributed by atoms with Crippen LogP contribution in [-0.2, 0) is 17.6 Å². The average Bonchev–Trinajstić information content (AvgIpc) is 3.20. The van der Waals surface area contributed by atoms with Crippen LogP contribution < -0.4 is 10.6 Å². The molecule has 0 aliphatic carbocycles. The zero-order valence-corrected chi connectivity index (χ0v) is 13.9. The maximum atomic E-state index is 13.4. The lowest BCUT2D eigenvalue weighted by Gasteiger charge is -2.24. The summed E-state index contributed by atoms with van der Waals surface area (Å²) in [6.07, 6.45) is 3.07. The number of rotatable bonds is 4. The molecule has 1 aromatic carbocycles. The molecule has 2 aromatic heterocycles. The highest BCUT2D eigenvalue weighted by molar-refractivity contribution is 7.10. The van der Waals surface area contributed by atoms with E-state index in [0.717, 1.165) is 29.4 Å². The lowest BCUT2D eigenvalue weighted by Crippen LogP contribution is -2.38. The Balaban J connectivity index is 1.41. The standard InChI is InChI=1S/C18H18FN3OS/c19-12-1-2-15-14(8-12)11(9-21-15)7-18(23)22-10-16-13-4-6-24-17(13)3-5-20-16/h1-2,4,6,8-9,16,20-21H,3,5,7,10H2,(H,22,23). The van der Waals surface area contributed by atoms with Crippen molar-refractivity contribution in [2.75, 3.05) is 13.1 Å². The molecule has 3 heterocycles. The molecule has 6 heteroatoms. The van der Waals surface area contributed by atoms with Crippen molar-refractivity contribution >= 4 is 28.1 Å². The third-order valence-corrected chi connectivity index (χ3v) is 5.48. The van der Waals surface area contributed by atoms with E-state index in [0.29, 0.717) is 6.54 Å². The Bertz CT molecular complexity index is 885. The average molecular weight is 343 g/mol. The lowest BCUT2D eigenvalue weighted by atomic mass is 10.0. The molecule has 0 spiro atoms. The Hall–Kier alpha value is -2.18. The molecule has 3 N–H and O–H groups in total. The highest BCUT2D eigenvalue weighted by atomic mass is 32.1. The molecule has 0 saturated carbocycles. The Kier molecular flexibility index (Phi) is 4.08. The van der Waals surface area contributed by atoms with Gasteiger partial charge in [0.2, 0.25) is 5.91 Å². The largest absolute Gasteiger partial charge is 0.361 e. The van der Waals surface area contributed by atoms with Gasteiger partial charge in [-0.15, -0.1) is 11.3 Å². The van der Waals surface area contributed by atoms with Gasteiger partial charge in [0.25, 0.3) is 0 Å². The van der Waals surface area contributed by atoms with Crippen molar-refractivity contribution in [1.82, 2.24) is 15.6 Å². The number of nitrogens with one attached hydrogen (secondary N) is 3. The zero-order chi connectivity index (χ0) is 16.5. The number of hydrogen-bond donors (Lipinski definition) is 3. The van der Waals surface area contributed by atoms with Gasteiger partial charge in [0.05, 0.1) is 12.5 Å². The van der Waals surface area contributed by atoms with E-state index < -0.39 is 0 Å². The van der Waals surface area contributed by atoms with Crippen molar-refractivity contribution in [3.8, 4) is 0 Å². The summed E-state index contributed by atoms with van der Waals surface area (Å²) in [5, 5.41) is 9.31. The van der Waals surface area contributed by atoms with Crippen molar-refractivity contribution < 1.29 is 9.18 Å². The molecule has 0 radical (unpaired) electrons. The van der Waals surface area contributed by atoms with Crippen molar-refractivity contribution in [1.29, 1.82) is 0 Å². The van der Waals surface area contributed by atoms with Crippen LogP contribution in [0.3, 0.4) is 0 Å². The van der Waals surface area contributed by atoms with Crippen molar-refractivity contribution in [3.05, 3.63) is 57.7 Å². The van der Waals surface area contributed by atoms with Crippen LogP contribution >= 0.6 is 11.3 Å². The van der Waals surface area contributed by atoms with Crippen LogP contribution in [0.25, 0.3) is 10.9 Å². The number of benzene rings is 1. The van der Waals surface area contributed by atoms with Crippen LogP contribution in [0.1, 0.15) is 22.0 Å². The summed E-state index contributed by atoms with van der Waals surface area (Å²) in [6.45, 7) is 1.51. The van der Waals surface area contributed by atoms with E-state index in [2.05, 4.69) is 27.1 Å². The normalized spacial score (nSPS) is 17.0. The molecule has 0 fully saturated rings. The minimum atomic E-state index is -0.292. The van der Waals surface area contributed by atoms with Crippen LogP contribution in [0.15, 0.2) is 35.8 Å². The van der Waals surface area contributed by atoms with Gasteiger partial charge in [-0.25, -0.2) is 4.39 Å². The maximum absolute atomic E-state index is 13.4. The highest BCUT2D eigenvalue weighted by Gasteiger charge is 2.21. The molecule has 124 valence electrons. The highest BCUT2D eigenvalue weighted by Crippen LogP contribution is 2.27. The summed E-state index contributed by atoms with van der Waals surface area (Å²) in [7, 11) is 0. The van der Waals surface area contributed by atoms with Gasteiger partial charge >= 0.3 is 0 Å². The van der Waals surface area contributed by atoms with Crippen molar-refractivity contribution in [2.24, 2.45) is 0 Å². The molecule has 1 aliphatic heterocycles. The number of halogens is 1. The van der Waals surface area contributed by atoms with Crippen LogP contribution in [0.2, 0.25) is 0 Å². The molecule has 1 aliphatic rings. The van der Waals surface area contributed by atoms with Gasteiger partial charge in [-0.2, -0.15) is 0 Å². The topological polar surface area (TPSA) is 56.9 Å². The van der Waals surface area contributed by atoms with Crippen LogP contribution in [0.5, 0.6) is 0 Å². The molecule has 1 amide bonds. The monoisotopic (exact) mass is 343 g/mol. The van der Waals surface area contributed by atoms with Crippen molar-refractivity contribution in [3.63, 3.8) is 0 Å². The lowest BCUT2D eigenvalue weighted by molar-refractivity contribution is -0.120. The number of aromatic amines is 1. The maximum Gasteiger partial charge on any atom is 0.224 e. The Morgan fingerprint density at radius 2 is 2.29 bits per heavy atom. The summed E-state index contributed by atoms with van der Waals surface area (Å²) >= 11 is 1.78. The van der Waals surface area contributed by atoms with Gasteiger partial charge in [-0.3, -0.25) is 4.79 Å². The van der Waals surface area contributed by atoms with Crippen molar-refractivity contribution in [2.45, 2.75) is 18.9 Å². The fraction of sp³-hybridized carbons (Fsp3) is 0.278. The van der Waals surface area contributed by atoms with Gasteiger partial charge in [0, 0.05) is 35.1 Å². The first kappa shape index (κ1) is 15.4. The summed E-state index contributed by atoms with van der Waals surface area (Å²) in [5.74, 6) is -0.343. The molecule has 4 nitrogen and oxygen atoms in total. The third kappa shape index (κ3) is 2.95. The first-order chi connectivity index (χ1) is 11.7. The fourth-order valence-electron chi connectivity index (χ4n) is 3.26. The molecule has 1 unspecified atom stereocenters. The Morgan fingerprint density at radius 1 is 1.38 bits per heavy atom. The summed E-state index contributed by atoms with van der Waals surface area (Å²) in [5.41, 5.74) is 2.95. The van der Waals surface area contributed by atoms with E-state index >= 15 is 0 Å². The minimum Gasteiger partial charge on any atom is -0.361 e. The predicted molar refractivity (Wildman–Crippen MR) is 93.7 cm³/mol. The van der Waals surface area contributed by atoms with E-state index in [1.54, 1.807) is 23.6 Å². The predicted octanol–water partition coefficient (Wildman–Crippen LogP) is 2.91. The number of thiophene rings is 1. The summed E-state index contributed by atoms with van der Waals surface area (Å²) < 4.78 is 13.4. The summed E-state index contributed by atoms with van der Waals surface area (Å²) in [6, 6.07) is 6.87. The number of carbonyl (C=O) groups excluding carboxylic acids is 1. The number of H-pyrrole nitrogens is 1. The van der Waals surface area contributed by atoms with E-state index in [1.807, 2.05) is 0 Å². The van der Waals surface area contributed by atoms with E-state index in [-0.39, 0.29) is 24.2 Å².